The van der Waals surface area contributed by atoms with Crippen LogP contribution >= 0.6 is 15.9 Å². The second-order valence-corrected chi connectivity index (χ2v) is 7.59. The van der Waals surface area contributed by atoms with Crippen molar-refractivity contribution in [2.75, 3.05) is 5.33 Å². The Kier molecular flexibility index (Phi) is 4.13. The highest BCUT2D eigenvalue weighted by Gasteiger charge is 2.57. The smallest absolute Gasteiger partial charge is 0.224 e. The minimum Gasteiger partial charge on any atom is -0.351 e. The van der Waals surface area contributed by atoms with Crippen LogP contribution in [0.4, 0.5) is 0 Å². The maximum atomic E-state index is 12.7. The number of hydrogen-bond donors (Lipinski definition) is 1. The highest BCUT2D eigenvalue weighted by Crippen LogP contribution is 2.59. The van der Waals surface area contributed by atoms with Crippen LogP contribution in [0.25, 0.3) is 0 Å². The van der Waals surface area contributed by atoms with Crippen LogP contribution in [0.5, 0.6) is 0 Å². The van der Waals surface area contributed by atoms with E-state index < -0.39 is 0 Å². The molecule has 1 saturated carbocycles. The molecule has 1 aromatic carbocycles. The Morgan fingerprint density at radius 3 is 2.90 bits per heavy atom. The summed E-state index contributed by atoms with van der Waals surface area (Å²) in [7, 11) is 0. The van der Waals surface area contributed by atoms with Gasteiger partial charge >= 0.3 is 0 Å². The van der Waals surface area contributed by atoms with Crippen molar-refractivity contribution in [3.8, 4) is 0 Å². The van der Waals surface area contributed by atoms with Gasteiger partial charge in [-0.3, -0.25) is 4.79 Å². The van der Waals surface area contributed by atoms with Crippen LogP contribution in [-0.2, 0) is 11.2 Å². The van der Waals surface area contributed by atoms with Crippen LogP contribution in [-0.4, -0.2) is 16.8 Å². The van der Waals surface area contributed by atoms with Gasteiger partial charge in [0.1, 0.15) is 0 Å². The van der Waals surface area contributed by atoms with Crippen molar-refractivity contribution in [3.63, 3.8) is 0 Å². The number of benzene rings is 1. The molecule has 0 aliphatic heterocycles. The van der Waals surface area contributed by atoms with Crippen LogP contribution in [0.2, 0.25) is 0 Å². The lowest BCUT2D eigenvalue weighted by molar-refractivity contribution is -0.124. The number of carbonyl (C=O) groups excluding carboxylic acids is 1. The Balaban J connectivity index is 1.72. The molecule has 2 aliphatic rings. The Bertz CT molecular complexity index is 544. The summed E-state index contributed by atoms with van der Waals surface area (Å²) < 4.78 is 0. The number of rotatable bonds is 5. The number of hydrogen-bond acceptors (Lipinski definition) is 1. The Morgan fingerprint density at radius 2 is 2.19 bits per heavy atom. The lowest BCUT2D eigenvalue weighted by atomic mass is 9.92. The first-order chi connectivity index (χ1) is 10.1. The third kappa shape index (κ3) is 2.77. The van der Waals surface area contributed by atoms with Gasteiger partial charge in [-0.05, 0) is 55.6 Å². The van der Waals surface area contributed by atoms with Crippen molar-refractivity contribution in [3.05, 3.63) is 35.4 Å². The quantitative estimate of drug-likeness (QED) is 0.798. The minimum atomic E-state index is -0.0775. The molecule has 0 aromatic heterocycles. The molecule has 0 bridgehead atoms. The van der Waals surface area contributed by atoms with E-state index in [2.05, 4.69) is 59.4 Å². The summed E-state index contributed by atoms with van der Waals surface area (Å²) in [6.45, 7) is 4.31. The Labute approximate surface area is 135 Å². The minimum absolute atomic E-state index is 0.0775. The number of aryl methyl sites for hydroxylation is 1. The molecule has 21 heavy (non-hydrogen) atoms. The molecule has 0 radical (unpaired) electrons. The van der Waals surface area contributed by atoms with Crippen LogP contribution < -0.4 is 5.32 Å². The predicted octanol–water partition coefficient (Wildman–Crippen LogP) is 4.03. The number of nitrogens with one attached hydrogen (secondary N) is 1. The fourth-order valence-corrected chi connectivity index (χ4v) is 4.72. The molecular weight excluding hydrogens is 326 g/mol. The van der Waals surface area contributed by atoms with Gasteiger partial charge < -0.3 is 5.32 Å². The van der Waals surface area contributed by atoms with Crippen LogP contribution in [0.3, 0.4) is 0 Å². The van der Waals surface area contributed by atoms with Crippen LogP contribution in [0, 0.1) is 11.8 Å². The SMILES string of the molecule is CCC(C)(CCBr)NC(=O)C1C2CCc3ccccc3C21. The van der Waals surface area contributed by atoms with E-state index >= 15 is 0 Å². The fourth-order valence-electron chi connectivity index (χ4n) is 3.84. The van der Waals surface area contributed by atoms with Gasteiger partial charge in [0.15, 0.2) is 0 Å². The highest BCUT2D eigenvalue weighted by molar-refractivity contribution is 9.09. The number of fused-ring (bicyclic) bond motifs is 3. The maximum absolute atomic E-state index is 12.7. The molecule has 0 saturated heterocycles. The first-order valence-corrected chi connectivity index (χ1v) is 9.17. The van der Waals surface area contributed by atoms with E-state index in [1.54, 1.807) is 0 Å². The predicted molar refractivity (Wildman–Crippen MR) is 89.7 cm³/mol. The Morgan fingerprint density at radius 1 is 1.43 bits per heavy atom. The third-order valence-electron chi connectivity index (χ3n) is 5.48. The molecule has 1 fully saturated rings. The molecule has 1 N–H and O–H groups in total. The molecule has 2 nitrogen and oxygen atoms in total. The van der Waals surface area contributed by atoms with Gasteiger partial charge in [-0.25, -0.2) is 0 Å². The molecule has 0 spiro atoms. The van der Waals surface area contributed by atoms with Crippen molar-refractivity contribution in [1.82, 2.24) is 5.32 Å². The highest BCUT2D eigenvalue weighted by atomic mass is 79.9. The van der Waals surface area contributed by atoms with E-state index in [0.29, 0.717) is 11.8 Å². The largest absolute Gasteiger partial charge is 0.351 e. The standard InChI is InChI=1S/C18H24BrNO/c1-3-18(2,10-11-19)20-17(21)16-14-9-8-12-6-4-5-7-13(12)15(14)16/h4-7,14-16H,3,8-11H2,1-2H3,(H,20,21). The third-order valence-corrected chi connectivity index (χ3v) is 5.88. The van der Waals surface area contributed by atoms with E-state index in [-0.39, 0.29) is 17.4 Å². The van der Waals surface area contributed by atoms with Crippen molar-refractivity contribution in [2.45, 2.75) is 51.0 Å². The topological polar surface area (TPSA) is 29.1 Å². The zero-order valence-electron chi connectivity index (χ0n) is 12.9. The monoisotopic (exact) mass is 349 g/mol. The van der Waals surface area contributed by atoms with E-state index in [9.17, 15) is 4.79 Å². The van der Waals surface area contributed by atoms with Gasteiger partial charge in [-0.15, -0.1) is 0 Å². The molecule has 1 aromatic rings. The molecule has 0 heterocycles. The summed E-state index contributed by atoms with van der Waals surface area (Å²) in [5.74, 6) is 1.52. The van der Waals surface area contributed by atoms with Crippen LogP contribution in [0.1, 0.15) is 50.2 Å². The summed E-state index contributed by atoms with van der Waals surface area (Å²) in [6.07, 6.45) is 4.26. The van der Waals surface area contributed by atoms with Crippen molar-refractivity contribution >= 4 is 21.8 Å². The van der Waals surface area contributed by atoms with E-state index in [0.717, 1.165) is 24.6 Å². The average Bonchev–Trinajstić information content (AvgIpc) is 3.22. The number of carbonyl (C=O) groups is 1. The Hall–Kier alpha value is -0.830. The van der Waals surface area contributed by atoms with Crippen molar-refractivity contribution in [1.29, 1.82) is 0 Å². The molecule has 3 rings (SSSR count). The van der Waals surface area contributed by atoms with Crippen LogP contribution in [0.15, 0.2) is 24.3 Å². The normalized spacial score (nSPS) is 29.0. The van der Waals surface area contributed by atoms with Gasteiger partial charge in [0, 0.05) is 16.8 Å². The lowest BCUT2D eigenvalue weighted by Crippen LogP contribution is -2.46. The second-order valence-electron chi connectivity index (χ2n) is 6.80. The zero-order valence-corrected chi connectivity index (χ0v) is 14.4. The fraction of sp³-hybridized carbons (Fsp3) is 0.611. The first-order valence-electron chi connectivity index (χ1n) is 8.05. The summed E-state index contributed by atoms with van der Waals surface area (Å²) in [5.41, 5.74) is 2.80. The summed E-state index contributed by atoms with van der Waals surface area (Å²) in [4.78, 5) is 12.7. The van der Waals surface area contributed by atoms with Gasteiger partial charge in [0.25, 0.3) is 0 Å². The van der Waals surface area contributed by atoms with E-state index in [4.69, 9.17) is 0 Å². The first kappa shape index (κ1) is 15.1. The molecule has 2 aliphatic carbocycles. The van der Waals surface area contributed by atoms with E-state index in [1.807, 2.05) is 0 Å². The van der Waals surface area contributed by atoms with Gasteiger partial charge in [-0.1, -0.05) is 47.1 Å². The van der Waals surface area contributed by atoms with Gasteiger partial charge in [0.2, 0.25) is 5.91 Å². The van der Waals surface area contributed by atoms with Gasteiger partial charge in [0.05, 0.1) is 0 Å². The molecule has 4 unspecified atom stereocenters. The number of halogens is 1. The van der Waals surface area contributed by atoms with Gasteiger partial charge in [-0.2, -0.15) is 0 Å². The molecule has 4 atom stereocenters. The molecule has 3 heteroatoms. The van der Waals surface area contributed by atoms with Crippen molar-refractivity contribution < 1.29 is 4.79 Å². The molecular formula is C18H24BrNO. The average molecular weight is 350 g/mol. The lowest BCUT2D eigenvalue weighted by Gasteiger charge is -2.29. The second kappa shape index (κ2) is 5.75. The van der Waals surface area contributed by atoms with Crippen molar-refractivity contribution in [2.24, 2.45) is 11.8 Å². The number of alkyl halides is 1. The molecule has 114 valence electrons. The summed E-state index contributed by atoms with van der Waals surface area (Å²) in [6, 6.07) is 8.66. The maximum Gasteiger partial charge on any atom is 0.224 e. The van der Waals surface area contributed by atoms with E-state index in [1.165, 1.54) is 17.5 Å². The zero-order chi connectivity index (χ0) is 15.0. The summed E-state index contributed by atoms with van der Waals surface area (Å²) in [5, 5.41) is 4.25. The molecule has 1 amide bonds. The summed E-state index contributed by atoms with van der Waals surface area (Å²) >= 11 is 3.50. The number of amides is 1.